The number of halogens is 2. The Hall–Kier alpha value is -2.88. The second-order valence-corrected chi connectivity index (χ2v) is 5.53. The van der Waals surface area contributed by atoms with Crippen LogP contribution in [-0.2, 0) is 0 Å². The van der Waals surface area contributed by atoms with Gasteiger partial charge in [0.25, 0.3) is 0 Å². The molecule has 0 spiro atoms. The molecule has 0 radical (unpaired) electrons. The minimum absolute atomic E-state index is 0.194. The Balaban J connectivity index is 0.000000190. The summed E-state index contributed by atoms with van der Waals surface area (Å²) in [5, 5.41) is 0. The monoisotopic (exact) mass is 356 g/mol. The van der Waals surface area contributed by atoms with E-state index in [1.165, 1.54) is 17.7 Å². The van der Waals surface area contributed by atoms with E-state index in [-0.39, 0.29) is 5.82 Å². The van der Waals surface area contributed by atoms with Gasteiger partial charge in [0.1, 0.15) is 17.3 Å². The summed E-state index contributed by atoms with van der Waals surface area (Å²) >= 11 is 0. The van der Waals surface area contributed by atoms with Crippen molar-refractivity contribution in [2.24, 2.45) is 0 Å². The van der Waals surface area contributed by atoms with Gasteiger partial charge in [0.05, 0.1) is 6.61 Å². The van der Waals surface area contributed by atoms with Crippen molar-refractivity contribution in [1.29, 1.82) is 0 Å². The van der Waals surface area contributed by atoms with Crippen molar-refractivity contribution in [3.05, 3.63) is 84.2 Å². The Morgan fingerprint density at radius 3 is 1.62 bits per heavy atom. The fourth-order valence-electron chi connectivity index (χ4n) is 2.25. The van der Waals surface area contributed by atoms with Gasteiger partial charge in [0, 0.05) is 0 Å². The van der Waals surface area contributed by atoms with E-state index in [2.05, 4.69) is 23.8 Å². The summed E-state index contributed by atoms with van der Waals surface area (Å²) < 4.78 is 34.1. The van der Waals surface area contributed by atoms with Crippen LogP contribution in [0.15, 0.2) is 72.8 Å². The largest absolute Gasteiger partial charge is 0.494 e. The number of alkyl halides is 1. The molecule has 0 saturated heterocycles. The molecule has 0 aliphatic rings. The van der Waals surface area contributed by atoms with Crippen LogP contribution < -0.4 is 9.47 Å². The van der Waals surface area contributed by atoms with Gasteiger partial charge in [-0.05, 0) is 61.4 Å². The lowest BCUT2D eigenvalue weighted by Crippen LogP contribution is -1.92. The molecule has 0 fully saturated rings. The van der Waals surface area contributed by atoms with E-state index in [9.17, 15) is 8.78 Å². The molecule has 0 bridgehead atoms. The lowest BCUT2D eigenvalue weighted by atomic mass is 10.0. The zero-order valence-corrected chi connectivity index (χ0v) is 14.9. The number of ether oxygens (including phenoxy) is 2. The van der Waals surface area contributed by atoms with Gasteiger partial charge < -0.3 is 9.47 Å². The van der Waals surface area contributed by atoms with Crippen molar-refractivity contribution in [2.45, 2.75) is 13.8 Å². The first-order valence-corrected chi connectivity index (χ1v) is 8.36. The SMILES string of the molecule is CCOc1ccc(OCF)cc1.Cc1ccc(-c2ccc(F)cc2)cc1. The molecule has 3 aromatic carbocycles. The molecule has 0 aromatic heterocycles. The molecule has 136 valence electrons. The van der Waals surface area contributed by atoms with Crippen molar-refractivity contribution < 1.29 is 18.3 Å². The van der Waals surface area contributed by atoms with Gasteiger partial charge in [0.15, 0.2) is 0 Å². The van der Waals surface area contributed by atoms with Crippen LogP contribution in [0.4, 0.5) is 8.78 Å². The van der Waals surface area contributed by atoms with E-state index < -0.39 is 6.86 Å². The van der Waals surface area contributed by atoms with Gasteiger partial charge in [0.2, 0.25) is 6.86 Å². The number of hydrogen-bond donors (Lipinski definition) is 0. The van der Waals surface area contributed by atoms with Crippen LogP contribution in [0.25, 0.3) is 11.1 Å². The maximum atomic E-state index is 12.7. The molecule has 0 atom stereocenters. The van der Waals surface area contributed by atoms with Crippen LogP contribution in [0.3, 0.4) is 0 Å². The van der Waals surface area contributed by atoms with E-state index in [0.29, 0.717) is 12.4 Å². The van der Waals surface area contributed by atoms with E-state index >= 15 is 0 Å². The van der Waals surface area contributed by atoms with Gasteiger partial charge in [-0.1, -0.05) is 42.0 Å². The lowest BCUT2D eigenvalue weighted by Gasteiger charge is -2.03. The highest BCUT2D eigenvalue weighted by molar-refractivity contribution is 5.63. The summed E-state index contributed by atoms with van der Waals surface area (Å²) in [6.45, 7) is 3.79. The third-order valence-electron chi connectivity index (χ3n) is 3.59. The summed E-state index contributed by atoms with van der Waals surface area (Å²) in [5.74, 6) is 1.09. The first-order chi connectivity index (χ1) is 12.6. The maximum absolute atomic E-state index is 12.7. The summed E-state index contributed by atoms with van der Waals surface area (Å²) in [4.78, 5) is 0. The lowest BCUT2D eigenvalue weighted by molar-refractivity contribution is 0.191. The molecule has 0 aliphatic carbocycles. The standard InChI is InChI=1S/C13H11F.C9H11FO2/c1-10-2-4-11(5-3-10)12-6-8-13(14)9-7-12;1-2-11-8-3-5-9(6-4-8)12-7-10/h2-9H,1H3;3-6H,2,7H2,1H3. The quantitative estimate of drug-likeness (QED) is 0.542. The van der Waals surface area contributed by atoms with Crippen molar-refractivity contribution >= 4 is 0 Å². The Kier molecular flexibility index (Phi) is 7.62. The highest BCUT2D eigenvalue weighted by atomic mass is 19.1. The fraction of sp³-hybridized carbons (Fsp3) is 0.182. The van der Waals surface area contributed by atoms with Crippen molar-refractivity contribution in [2.75, 3.05) is 13.5 Å². The van der Waals surface area contributed by atoms with E-state index in [1.54, 1.807) is 36.4 Å². The molecule has 0 unspecified atom stereocenters. The summed E-state index contributed by atoms with van der Waals surface area (Å²) in [7, 11) is 0. The summed E-state index contributed by atoms with van der Waals surface area (Å²) in [5.41, 5.74) is 3.40. The average Bonchev–Trinajstić information content (AvgIpc) is 2.66. The number of benzene rings is 3. The Bertz CT molecular complexity index is 698. The Morgan fingerprint density at radius 1 is 0.692 bits per heavy atom. The third-order valence-corrected chi connectivity index (χ3v) is 3.59. The zero-order chi connectivity index (χ0) is 18.8. The second kappa shape index (κ2) is 10.2. The third kappa shape index (κ3) is 6.20. The van der Waals surface area contributed by atoms with Gasteiger partial charge in [-0.3, -0.25) is 0 Å². The van der Waals surface area contributed by atoms with Crippen LogP contribution >= 0.6 is 0 Å². The van der Waals surface area contributed by atoms with E-state index in [0.717, 1.165) is 16.9 Å². The van der Waals surface area contributed by atoms with E-state index in [4.69, 9.17) is 4.74 Å². The van der Waals surface area contributed by atoms with Gasteiger partial charge in [-0.2, -0.15) is 0 Å². The molecule has 3 rings (SSSR count). The van der Waals surface area contributed by atoms with Crippen LogP contribution in [0.1, 0.15) is 12.5 Å². The normalized spacial score (nSPS) is 9.85. The smallest absolute Gasteiger partial charge is 0.228 e. The molecule has 0 aliphatic heterocycles. The van der Waals surface area contributed by atoms with Crippen molar-refractivity contribution in [3.8, 4) is 22.6 Å². The average molecular weight is 356 g/mol. The topological polar surface area (TPSA) is 18.5 Å². The molecule has 3 aromatic rings. The van der Waals surface area contributed by atoms with Gasteiger partial charge in [-0.15, -0.1) is 0 Å². The fourth-order valence-corrected chi connectivity index (χ4v) is 2.25. The molecule has 2 nitrogen and oxygen atoms in total. The molecular weight excluding hydrogens is 334 g/mol. The van der Waals surface area contributed by atoms with Crippen LogP contribution in [0, 0.1) is 12.7 Å². The predicted octanol–water partition coefficient (Wildman–Crippen LogP) is 6.19. The minimum atomic E-state index is -0.798. The number of rotatable bonds is 5. The highest BCUT2D eigenvalue weighted by Gasteiger charge is 1.97. The predicted molar refractivity (Wildman–Crippen MR) is 101 cm³/mol. The highest BCUT2D eigenvalue weighted by Crippen LogP contribution is 2.19. The summed E-state index contributed by atoms with van der Waals surface area (Å²) in [6.07, 6.45) is 0. The molecule has 0 heterocycles. The van der Waals surface area contributed by atoms with Gasteiger partial charge >= 0.3 is 0 Å². The molecule has 0 N–H and O–H groups in total. The van der Waals surface area contributed by atoms with Crippen molar-refractivity contribution in [1.82, 2.24) is 0 Å². The first kappa shape index (κ1) is 19.4. The Morgan fingerprint density at radius 2 is 1.15 bits per heavy atom. The first-order valence-electron chi connectivity index (χ1n) is 8.36. The molecule has 26 heavy (non-hydrogen) atoms. The van der Waals surface area contributed by atoms with Gasteiger partial charge in [-0.25, -0.2) is 8.78 Å². The molecular formula is C22H22F2O2. The number of hydrogen-bond acceptors (Lipinski definition) is 2. The minimum Gasteiger partial charge on any atom is -0.494 e. The van der Waals surface area contributed by atoms with Crippen LogP contribution in [0.5, 0.6) is 11.5 Å². The molecule has 4 heteroatoms. The van der Waals surface area contributed by atoms with Crippen LogP contribution in [0.2, 0.25) is 0 Å². The second-order valence-electron chi connectivity index (χ2n) is 5.53. The van der Waals surface area contributed by atoms with Crippen molar-refractivity contribution in [3.63, 3.8) is 0 Å². The zero-order valence-electron chi connectivity index (χ0n) is 14.9. The van der Waals surface area contributed by atoms with Crippen LogP contribution in [-0.4, -0.2) is 13.5 Å². The van der Waals surface area contributed by atoms with E-state index in [1.807, 2.05) is 19.1 Å². The Labute approximate surface area is 153 Å². The maximum Gasteiger partial charge on any atom is 0.228 e. The number of aryl methyl sites for hydroxylation is 1. The molecule has 0 amide bonds. The molecule has 0 saturated carbocycles. The summed E-state index contributed by atoms with van der Waals surface area (Å²) in [6, 6.07) is 21.6.